The van der Waals surface area contributed by atoms with Gasteiger partial charge >= 0.3 is 0 Å². The fraction of sp³-hybridized carbons (Fsp3) is 0.900. The van der Waals surface area contributed by atoms with Crippen LogP contribution in [0.2, 0.25) is 0 Å². The molecular formula is C10H18NOS2. The van der Waals surface area contributed by atoms with Crippen LogP contribution in [0.4, 0.5) is 0 Å². The van der Waals surface area contributed by atoms with Crippen molar-refractivity contribution in [3.05, 3.63) is 5.37 Å². The van der Waals surface area contributed by atoms with Crippen molar-refractivity contribution in [2.24, 2.45) is 0 Å². The number of nitrogens with zero attached hydrogens (tertiary/aromatic N) is 1. The Labute approximate surface area is 94.5 Å². The highest BCUT2D eigenvalue weighted by Gasteiger charge is 2.24. The molecule has 0 aromatic carbocycles. The van der Waals surface area contributed by atoms with Crippen LogP contribution in [0.5, 0.6) is 0 Å². The van der Waals surface area contributed by atoms with E-state index in [1.165, 1.54) is 49.7 Å². The van der Waals surface area contributed by atoms with Gasteiger partial charge in [0.25, 0.3) is 0 Å². The molecule has 81 valence electrons. The Morgan fingerprint density at radius 1 is 1.07 bits per heavy atom. The van der Waals surface area contributed by atoms with Gasteiger partial charge in [0.2, 0.25) is 0 Å². The normalized spacial score (nSPS) is 28.3. The lowest BCUT2D eigenvalue weighted by Crippen LogP contribution is -2.26. The zero-order valence-corrected chi connectivity index (χ0v) is 10.2. The number of hydrogen-bond acceptors (Lipinski definition) is 4. The van der Waals surface area contributed by atoms with E-state index in [0.29, 0.717) is 0 Å². The molecule has 2 rings (SSSR count). The third kappa shape index (κ3) is 3.33. The van der Waals surface area contributed by atoms with E-state index in [0.717, 1.165) is 13.2 Å². The van der Waals surface area contributed by atoms with Crippen molar-refractivity contribution >= 4 is 21.6 Å². The summed E-state index contributed by atoms with van der Waals surface area (Å²) in [5, 5.41) is 3.62. The smallest absolute Gasteiger partial charge is 0.132 e. The van der Waals surface area contributed by atoms with Crippen molar-refractivity contribution in [3.63, 3.8) is 0 Å². The molecule has 2 heterocycles. The summed E-state index contributed by atoms with van der Waals surface area (Å²) in [6.45, 7) is 2.01. The highest BCUT2D eigenvalue weighted by molar-refractivity contribution is 8.77. The third-order valence-electron chi connectivity index (χ3n) is 2.55. The quantitative estimate of drug-likeness (QED) is 0.642. The fourth-order valence-electron chi connectivity index (χ4n) is 1.73. The first-order valence-electron chi connectivity index (χ1n) is 5.52. The summed E-state index contributed by atoms with van der Waals surface area (Å²) >= 11 is 0. The minimum atomic E-state index is 0.911. The summed E-state index contributed by atoms with van der Waals surface area (Å²) in [5.74, 6) is 1.29. The summed E-state index contributed by atoms with van der Waals surface area (Å²) in [6.07, 6.45) is 7.74. The van der Waals surface area contributed by atoms with Gasteiger partial charge in [-0.25, -0.2) is 0 Å². The number of hydroxylamine groups is 2. The van der Waals surface area contributed by atoms with Crippen LogP contribution >= 0.6 is 21.6 Å². The molecule has 2 aliphatic heterocycles. The van der Waals surface area contributed by atoms with Gasteiger partial charge in [0, 0.05) is 12.3 Å². The monoisotopic (exact) mass is 232 g/mol. The summed E-state index contributed by atoms with van der Waals surface area (Å²) in [4.78, 5) is 5.76. The average molecular weight is 232 g/mol. The largest absolute Gasteiger partial charge is 0.298 e. The maximum atomic E-state index is 5.76. The first-order valence-corrected chi connectivity index (χ1v) is 7.84. The zero-order valence-electron chi connectivity index (χ0n) is 8.54. The number of rotatable bonds is 1. The molecule has 0 unspecified atom stereocenters. The molecule has 1 radical (unpaired) electrons. The molecular weight excluding hydrogens is 214 g/mol. The molecule has 2 nitrogen and oxygen atoms in total. The van der Waals surface area contributed by atoms with Gasteiger partial charge in [0.15, 0.2) is 0 Å². The van der Waals surface area contributed by atoms with Gasteiger partial charge in [-0.3, -0.25) is 4.84 Å². The molecule has 0 bridgehead atoms. The highest BCUT2D eigenvalue weighted by atomic mass is 33.1. The Balaban J connectivity index is 1.83. The molecule has 4 heteroatoms. The van der Waals surface area contributed by atoms with E-state index in [4.69, 9.17) is 4.84 Å². The van der Waals surface area contributed by atoms with E-state index in [9.17, 15) is 0 Å². The summed E-state index contributed by atoms with van der Waals surface area (Å²) in [5.41, 5.74) is 0. The molecule has 0 aromatic heterocycles. The molecule has 0 N–H and O–H groups in total. The maximum Gasteiger partial charge on any atom is 0.132 e. The Morgan fingerprint density at radius 2 is 2.07 bits per heavy atom. The molecule has 0 spiro atoms. The molecule has 2 saturated heterocycles. The van der Waals surface area contributed by atoms with Crippen LogP contribution in [-0.4, -0.2) is 24.0 Å². The minimum Gasteiger partial charge on any atom is -0.298 e. The predicted molar refractivity (Wildman–Crippen MR) is 63.7 cm³/mol. The Kier molecular flexibility index (Phi) is 4.97. The van der Waals surface area contributed by atoms with Crippen LogP contribution in [0.3, 0.4) is 0 Å². The molecule has 0 aliphatic carbocycles. The van der Waals surface area contributed by atoms with E-state index in [1.807, 2.05) is 21.6 Å². The van der Waals surface area contributed by atoms with E-state index in [-0.39, 0.29) is 0 Å². The summed E-state index contributed by atoms with van der Waals surface area (Å²) in [7, 11) is 3.92. The maximum absolute atomic E-state index is 5.76. The van der Waals surface area contributed by atoms with Crippen LogP contribution < -0.4 is 0 Å². The van der Waals surface area contributed by atoms with E-state index < -0.39 is 0 Å². The minimum absolute atomic E-state index is 0.911. The van der Waals surface area contributed by atoms with Crippen LogP contribution in [0.15, 0.2) is 0 Å². The van der Waals surface area contributed by atoms with Gasteiger partial charge in [-0.05, 0) is 38.5 Å². The standard InChI is InChI=1S/C10H18NOS2/c1-3-7-11(12-8-4-1)10-6-2-5-9-13-14-10/h1-9H2. The molecule has 0 aromatic rings. The van der Waals surface area contributed by atoms with Crippen molar-refractivity contribution in [2.75, 3.05) is 18.9 Å². The molecule has 0 saturated carbocycles. The lowest BCUT2D eigenvalue weighted by Gasteiger charge is -2.26. The van der Waals surface area contributed by atoms with Crippen LogP contribution in [0.1, 0.15) is 38.5 Å². The van der Waals surface area contributed by atoms with E-state index in [2.05, 4.69) is 5.06 Å². The average Bonchev–Trinajstić information content (AvgIpc) is 2.62. The van der Waals surface area contributed by atoms with Gasteiger partial charge in [-0.2, -0.15) is 5.06 Å². The van der Waals surface area contributed by atoms with Gasteiger partial charge in [-0.1, -0.05) is 21.6 Å². The van der Waals surface area contributed by atoms with Crippen LogP contribution in [0, 0.1) is 5.37 Å². The zero-order chi connectivity index (χ0) is 9.64. The Morgan fingerprint density at radius 3 is 3.07 bits per heavy atom. The Bertz CT molecular complexity index is 134. The second kappa shape index (κ2) is 6.26. The van der Waals surface area contributed by atoms with Gasteiger partial charge in [-0.15, -0.1) is 0 Å². The highest BCUT2D eigenvalue weighted by Crippen LogP contribution is 2.42. The summed E-state index contributed by atoms with van der Waals surface area (Å²) in [6, 6.07) is 0. The van der Waals surface area contributed by atoms with Gasteiger partial charge in [0.1, 0.15) is 5.37 Å². The number of hydrogen-bond donors (Lipinski definition) is 0. The van der Waals surface area contributed by atoms with Crippen molar-refractivity contribution in [2.45, 2.75) is 38.5 Å². The molecule has 14 heavy (non-hydrogen) atoms. The fourth-order valence-corrected chi connectivity index (χ4v) is 4.23. The van der Waals surface area contributed by atoms with Crippen molar-refractivity contribution in [1.82, 2.24) is 5.06 Å². The molecule has 0 amide bonds. The second-order valence-electron chi connectivity index (χ2n) is 3.75. The first kappa shape index (κ1) is 11.1. The van der Waals surface area contributed by atoms with Gasteiger partial charge < -0.3 is 0 Å². The van der Waals surface area contributed by atoms with Crippen molar-refractivity contribution in [3.8, 4) is 0 Å². The topological polar surface area (TPSA) is 12.5 Å². The lowest BCUT2D eigenvalue weighted by molar-refractivity contribution is -0.135. The molecule has 0 atom stereocenters. The first-order chi connectivity index (χ1) is 6.97. The van der Waals surface area contributed by atoms with E-state index in [1.54, 1.807) is 0 Å². The van der Waals surface area contributed by atoms with Crippen LogP contribution in [0.25, 0.3) is 0 Å². The molecule has 2 fully saturated rings. The lowest BCUT2D eigenvalue weighted by atomic mass is 10.2. The van der Waals surface area contributed by atoms with Gasteiger partial charge in [0.05, 0.1) is 6.61 Å². The SMILES string of the molecule is C1CCON([C]2CCCCSS2)CC1. The predicted octanol–water partition coefficient (Wildman–Crippen LogP) is 3.46. The third-order valence-corrected chi connectivity index (χ3v) is 5.16. The van der Waals surface area contributed by atoms with Crippen molar-refractivity contribution < 1.29 is 4.84 Å². The van der Waals surface area contributed by atoms with Crippen molar-refractivity contribution in [1.29, 1.82) is 0 Å². The Hall–Kier alpha value is 0.620. The van der Waals surface area contributed by atoms with Crippen LogP contribution in [-0.2, 0) is 4.84 Å². The second-order valence-corrected chi connectivity index (χ2v) is 6.24. The van der Waals surface area contributed by atoms with E-state index >= 15 is 0 Å². The summed E-state index contributed by atoms with van der Waals surface area (Å²) < 4.78 is 0. The molecule has 2 aliphatic rings.